The highest BCUT2D eigenvalue weighted by Crippen LogP contribution is 2.38. The summed E-state index contributed by atoms with van der Waals surface area (Å²) in [4.78, 5) is 10.4. The molecular formula is C14H13BrO4. The first-order valence-corrected chi connectivity index (χ1v) is 5.70. The number of benzene rings is 2. The molecule has 1 heterocycles. The zero-order chi connectivity index (χ0) is 12.2. The third kappa shape index (κ3) is 3.20. The largest absolute Gasteiger partial charge is 0.192 e. The van der Waals surface area contributed by atoms with Crippen LogP contribution in [0.15, 0.2) is 60.7 Å². The number of hydrogen-bond donors (Lipinski definition) is 0. The molecule has 1 saturated heterocycles. The Labute approximate surface area is 121 Å². The van der Waals surface area contributed by atoms with Crippen LogP contribution in [0.1, 0.15) is 23.3 Å². The molecule has 0 radical (unpaired) electrons. The van der Waals surface area contributed by atoms with Gasteiger partial charge in [-0.1, -0.05) is 60.7 Å². The average molecular weight is 325 g/mol. The summed E-state index contributed by atoms with van der Waals surface area (Å²) in [6.45, 7) is 0. The quantitative estimate of drug-likeness (QED) is 0.786. The minimum atomic E-state index is -0.359. The summed E-state index contributed by atoms with van der Waals surface area (Å²) in [6.07, 6.45) is -0.718. The molecule has 0 spiro atoms. The normalized spacial score (nSPS) is 22.5. The van der Waals surface area contributed by atoms with Gasteiger partial charge >= 0.3 is 0 Å². The van der Waals surface area contributed by atoms with Gasteiger partial charge in [0.25, 0.3) is 0 Å². The van der Waals surface area contributed by atoms with Crippen LogP contribution in [0, 0.1) is 0 Å². The first-order valence-electron chi connectivity index (χ1n) is 5.70. The van der Waals surface area contributed by atoms with Crippen molar-refractivity contribution in [2.75, 3.05) is 0 Å². The minimum absolute atomic E-state index is 0. The van der Waals surface area contributed by atoms with E-state index < -0.39 is 0 Å². The predicted octanol–water partition coefficient (Wildman–Crippen LogP) is 3.87. The van der Waals surface area contributed by atoms with E-state index in [1.807, 2.05) is 60.7 Å². The predicted molar refractivity (Wildman–Crippen MR) is 73.0 cm³/mol. The lowest BCUT2D eigenvalue weighted by Crippen LogP contribution is -2.23. The van der Waals surface area contributed by atoms with Gasteiger partial charge in [-0.05, 0) is 21.2 Å². The summed E-state index contributed by atoms with van der Waals surface area (Å²) in [5, 5.41) is 8.93. The smallest absolute Gasteiger partial charge is 0.155 e. The van der Waals surface area contributed by atoms with Gasteiger partial charge in [0, 0.05) is 0 Å². The molecule has 3 rings (SSSR count). The Balaban J connectivity index is 0.00000133. The summed E-state index contributed by atoms with van der Waals surface area (Å²) in [5.41, 5.74) is 1.93. The molecule has 2 atom stereocenters. The lowest BCUT2D eigenvalue weighted by atomic mass is 9.98. The number of halogens is 1. The van der Waals surface area contributed by atoms with Crippen LogP contribution >= 0.6 is 17.0 Å². The summed E-state index contributed by atoms with van der Waals surface area (Å²) >= 11 is 0. The Morgan fingerprint density at radius 3 is 1.32 bits per heavy atom. The van der Waals surface area contributed by atoms with E-state index in [4.69, 9.17) is 9.78 Å². The zero-order valence-corrected chi connectivity index (χ0v) is 11.7. The first-order chi connectivity index (χ1) is 8.95. The van der Waals surface area contributed by atoms with E-state index in [9.17, 15) is 0 Å². The molecule has 0 amide bonds. The molecule has 5 heteroatoms. The van der Waals surface area contributed by atoms with Crippen LogP contribution in [-0.2, 0) is 19.9 Å². The van der Waals surface area contributed by atoms with Crippen LogP contribution in [0.4, 0.5) is 0 Å². The Morgan fingerprint density at radius 1 is 0.579 bits per heavy atom. The van der Waals surface area contributed by atoms with E-state index in [-0.39, 0.29) is 29.2 Å². The molecule has 0 saturated carbocycles. The van der Waals surface area contributed by atoms with Crippen molar-refractivity contribution < 1.29 is 19.9 Å². The molecule has 2 unspecified atom stereocenters. The molecule has 4 nitrogen and oxygen atoms in total. The van der Waals surface area contributed by atoms with Crippen LogP contribution in [0.5, 0.6) is 0 Å². The molecule has 1 aliphatic heterocycles. The van der Waals surface area contributed by atoms with Crippen LogP contribution in [0.3, 0.4) is 0 Å². The monoisotopic (exact) mass is 324 g/mol. The standard InChI is InChI=1S/C14H12O4.BrH/c1-3-7-11(8-4-1)13-14(16-18-17-15-13)12-9-5-2-6-10-12;/h1-10,13-14H;1H. The number of hydrogen-bond acceptors (Lipinski definition) is 4. The van der Waals surface area contributed by atoms with Crippen molar-refractivity contribution in [3.63, 3.8) is 0 Å². The van der Waals surface area contributed by atoms with Gasteiger partial charge in [-0.25, -0.2) is 0 Å². The van der Waals surface area contributed by atoms with Crippen LogP contribution in [0.2, 0.25) is 0 Å². The fourth-order valence-electron chi connectivity index (χ4n) is 1.96. The van der Waals surface area contributed by atoms with Crippen molar-refractivity contribution in [2.24, 2.45) is 0 Å². The van der Waals surface area contributed by atoms with Crippen molar-refractivity contribution in [1.82, 2.24) is 0 Å². The van der Waals surface area contributed by atoms with Crippen molar-refractivity contribution in [1.29, 1.82) is 0 Å². The molecule has 2 aromatic carbocycles. The van der Waals surface area contributed by atoms with Gasteiger partial charge in [-0.2, -0.15) is 9.78 Å². The highest BCUT2D eigenvalue weighted by molar-refractivity contribution is 8.93. The Bertz CT molecular complexity index is 444. The zero-order valence-electron chi connectivity index (χ0n) is 9.97. The minimum Gasteiger partial charge on any atom is -0.192 e. The highest BCUT2D eigenvalue weighted by atomic mass is 79.9. The average Bonchev–Trinajstić information content (AvgIpc) is 2.49. The maximum atomic E-state index is 5.18. The molecule has 1 fully saturated rings. The molecule has 0 bridgehead atoms. The maximum absolute atomic E-state index is 5.18. The second-order valence-electron chi connectivity index (χ2n) is 3.99. The van der Waals surface area contributed by atoms with Crippen molar-refractivity contribution in [3.8, 4) is 0 Å². The van der Waals surface area contributed by atoms with E-state index in [1.54, 1.807) is 0 Å². The molecule has 0 N–H and O–H groups in total. The van der Waals surface area contributed by atoms with E-state index in [1.165, 1.54) is 0 Å². The molecule has 2 aromatic rings. The first kappa shape index (κ1) is 14.2. The van der Waals surface area contributed by atoms with Crippen LogP contribution < -0.4 is 0 Å². The van der Waals surface area contributed by atoms with Crippen molar-refractivity contribution in [2.45, 2.75) is 12.2 Å². The number of rotatable bonds is 2. The molecule has 0 aliphatic carbocycles. The lowest BCUT2D eigenvalue weighted by molar-refractivity contribution is -0.693. The Hall–Kier alpha value is -1.24. The fourth-order valence-corrected chi connectivity index (χ4v) is 1.96. The summed E-state index contributed by atoms with van der Waals surface area (Å²) in [6, 6.07) is 19.5. The summed E-state index contributed by atoms with van der Waals surface area (Å²) in [5.74, 6) is 0. The maximum Gasteiger partial charge on any atom is 0.155 e. The third-order valence-corrected chi connectivity index (χ3v) is 2.84. The summed E-state index contributed by atoms with van der Waals surface area (Å²) in [7, 11) is 0. The van der Waals surface area contributed by atoms with Crippen LogP contribution in [0.25, 0.3) is 0 Å². The topological polar surface area (TPSA) is 36.9 Å². The Morgan fingerprint density at radius 2 is 0.947 bits per heavy atom. The van der Waals surface area contributed by atoms with Gasteiger partial charge in [-0.15, -0.1) is 17.0 Å². The van der Waals surface area contributed by atoms with Crippen LogP contribution in [-0.4, -0.2) is 0 Å². The molecular weight excluding hydrogens is 312 g/mol. The molecule has 1 aliphatic rings. The fraction of sp³-hybridized carbons (Fsp3) is 0.143. The lowest BCUT2D eigenvalue weighted by Gasteiger charge is -2.28. The van der Waals surface area contributed by atoms with Gasteiger partial charge in [-0.3, -0.25) is 0 Å². The second-order valence-corrected chi connectivity index (χ2v) is 3.99. The van der Waals surface area contributed by atoms with E-state index in [0.717, 1.165) is 11.1 Å². The van der Waals surface area contributed by atoms with E-state index in [0.29, 0.717) is 0 Å². The molecule has 100 valence electrons. The van der Waals surface area contributed by atoms with Gasteiger partial charge < -0.3 is 0 Å². The van der Waals surface area contributed by atoms with E-state index in [2.05, 4.69) is 10.1 Å². The van der Waals surface area contributed by atoms with Gasteiger partial charge in [0.2, 0.25) is 0 Å². The molecule has 19 heavy (non-hydrogen) atoms. The third-order valence-electron chi connectivity index (χ3n) is 2.84. The van der Waals surface area contributed by atoms with E-state index >= 15 is 0 Å². The summed E-state index contributed by atoms with van der Waals surface area (Å²) < 4.78 is 0. The van der Waals surface area contributed by atoms with Crippen molar-refractivity contribution >= 4 is 17.0 Å². The van der Waals surface area contributed by atoms with Crippen molar-refractivity contribution in [3.05, 3.63) is 71.8 Å². The van der Waals surface area contributed by atoms with Gasteiger partial charge in [0.05, 0.1) is 0 Å². The molecule has 0 aromatic heterocycles. The second kappa shape index (κ2) is 6.79. The Kier molecular flexibility index (Phi) is 5.07. The van der Waals surface area contributed by atoms with Gasteiger partial charge in [0.1, 0.15) is 0 Å². The van der Waals surface area contributed by atoms with Gasteiger partial charge in [0.15, 0.2) is 12.2 Å². The highest BCUT2D eigenvalue weighted by Gasteiger charge is 2.33. The SMILES string of the molecule is Br.c1ccc(C2OOOOC2c2ccccc2)cc1.